The highest BCUT2D eigenvalue weighted by Crippen LogP contribution is 2.24. The molecular weight excluding hydrogens is 312 g/mol. The molecule has 0 spiro atoms. The molecule has 18 heavy (non-hydrogen) atoms. The second kappa shape index (κ2) is 6.68. The van der Waals surface area contributed by atoms with E-state index >= 15 is 0 Å². The van der Waals surface area contributed by atoms with E-state index in [9.17, 15) is 4.79 Å². The van der Waals surface area contributed by atoms with Crippen LogP contribution in [0.4, 0.5) is 0 Å². The molecule has 1 amide bonds. The van der Waals surface area contributed by atoms with E-state index in [0.29, 0.717) is 0 Å². The van der Waals surface area contributed by atoms with E-state index in [1.54, 1.807) is 0 Å². The van der Waals surface area contributed by atoms with Crippen molar-refractivity contribution in [1.29, 1.82) is 0 Å². The van der Waals surface area contributed by atoms with Gasteiger partial charge >= 0.3 is 0 Å². The molecule has 0 saturated carbocycles. The Bertz CT molecular complexity index is 399. The van der Waals surface area contributed by atoms with Gasteiger partial charge in [-0.05, 0) is 53.8 Å². The summed E-state index contributed by atoms with van der Waals surface area (Å²) in [5.41, 5.74) is 0. The molecule has 2 heterocycles. The second-order valence-electron chi connectivity index (χ2n) is 4.67. The molecule has 0 aliphatic carbocycles. The van der Waals surface area contributed by atoms with Crippen LogP contribution in [0.5, 0.6) is 0 Å². The van der Waals surface area contributed by atoms with E-state index in [4.69, 9.17) is 0 Å². The van der Waals surface area contributed by atoms with Crippen LogP contribution < -0.4 is 5.32 Å². The fourth-order valence-corrected chi connectivity index (χ4v) is 3.66. The molecule has 0 atom stereocenters. The van der Waals surface area contributed by atoms with Gasteiger partial charge in [0.05, 0.1) is 4.88 Å². The van der Waals surface area contributed by atoms with Crippen LogP contribution in [0.1, 0.15) is 29.4 Å². The lowest BCUT2D eigenvalue weighted by molar-refractivity contribution is 0.0695. The molecule has 2 rings (SSSR count). The largest absolute Gasteiger partial charge is 0.338 e. The number of nitrogens with one attached hydrogen (secondary N) is 1. The van der Waals surface area contributed by atoms with Crippen LogP contribution >= 0.6 is 27.3 Å². The highest BCUT2D eigenvalue weighted by Gasteiger charge is 2.24. The number of likely N-dealkylation sites (tertiary alicyclic amines) is 1. The molecule has 0 unspecified atom stereocenters. The van der Waals surface area contributed by atoms with Crippen LogP contribution in [0.15, 0.2) is 15.9 Å². The number of piperidine rings is 1. The summed E-state index contributed by atoms with van der Waals surface area (Å²) in [4.78, 5) is 15.1. The Balaban J connectivity index is 1.84. The summed E-state index contributed by atoms with van der Waals surface area (Å²) in [6.07, 6.45) is 2.23. The van der Waals surface area contributed by atoms with E-state index in [2.05, 4.69) is 28.2 Å². The van der Waals surface area contributed by atoms with Crippen molar-refractivity contribution in [2.45, 2.75) is 19.8 Å². The summed E-state index contributed by atoms with van der Waals surface area (Å²) in [6, 6.07) is 1.91. The fraction of sp³-hybridized carbons (Fsp3) is 0.615. The molecular formula is C13H19BrN2OS. The lowest BCUT2D eigenvalue weighted by Gasteiger charge is -2.31. The van der Waals surface area contributed by atoms with Gasteiger partial charge < -0.3 is 10.2 Å². The Labute approximate surface area is 121 Å². The van der Waals surface area contributed by atoms with Crippen LogP contribution in [-0.4, -0.2) is 37.0 Å². The van der Waals surface area contributed by atoms with E-state index in [0.717, 1.165) is 54.3 Å². The van der Waals surface area contributed by atoms with Gasteiger partial charge in [0, 0.05) is 22.9 Å². The maximum absolute atomic E-state index is 12.2. The minimum atomic E-state index is 0.188. The van der Waals surface area contributed by atoms with Crippen molar-refractivity contribution in [1.82, 2.24) is 10.2 Å². The third kappa shape index (κ3) is 3.56. The van der Waals surface area contributed by atoms with Gasteiger partial charge in [0.25, 0.3) is 5.91 Å². The topological polar surface area (TPSA) is 32.3 Å². The molecule has 1 saturated heterocycles. The van der Waals surface area contributed by atoms with Crippen LogP contribution in [0.3, 0.4) is 0 Å². The molecule has 0 radical (unpaired) electrons. The number of carbonyl (C=O) groups is 1. The first-order valence-electron chi connectivity index (χ1n) is 6.44. The van der Waals surface area contributed by atoms with Crippen molar-refractivity contribution in [3.63, 3.8) is 0 Å². The summed E-state index contributed by atoms with van der Waals surface area (Å²) in [6.45, 7) is 6.04. The van der Waals surface area contributed by atoms with Gasteiger partial charge in [0.15, 0.2) is 0 Å². The van der Waals surface area contributed by atoms with E-state index in [-0.39, 0.29) is 5.91 Å². The van der Waals surface area contributed by atoms with Gasteiger partial charge in [-0.2, -0.15) is 0 Å². The predicted molar refractivity (Wildman–Crippen MR) is 79.2 cm³/mol. The molecule has 0 bridgehead atoms. The number of halogens is 1. The molecule has 1 aliphatic heterocycles. The lowest BCUT2D eigenvalue weighted by atomic mass is 9.96. The summed E-state index contributed by atoms with van der Waals surface area (Å²) < 4.78 is 0.998. The van der Waals surface area contributed by atoms with Crippen molar-refractivity contribution in [2.75, 3.05) is 26.2 Å². The minimum Gasteiger partial charge on any atom is -0.338 e. The standard InChI is InChI=1S/C13H19BrN2OS/c1-2-15-8-10-3-5-16(6-4-10)13(17)12-7-11(14)9-18-12/h7,9-10,15H,2-6,8H2,1H3. The molecule has 1 aromatic rings. The molecule has 1 N–H and O–H groups in total. The van der Waals surface area contributed by atoms with Crippen molar-refractivity contribution in [3.8, 4) is 0 Å². The first-order chi connectivity index (χ1) is 8.70. The molecule has 1 aliphatic rings. The molecule has 1 fully saturated rings. The predicted octanol–water partition coefficient (Wildman–Crippen LogP) is 2.97. The number of rotatable bonds is 4. The maximum atomic E-state index is 12.2. The zero-order valence-electron chi connectivity index (χ0n) is 10.6. The van der Waals surface area contributed by atoms with E-state index in [1.165, 1.54) is 11.3 Å². The van der Waals surface area contributed by atoms with Gasteiger partial charge in [-0.1, -0.05) is 6.92 Å². The first-order valence-corrected chi connectivity index (χ1v) is 8.12. The van der Waals surface area contributed by atoms with Gasteiger partial charge in [-0.15, -0.1) is 11.3 Å². The van der Waals surface area contributed by atoms with E-state index < -0.39 is 0 Å². The number of thiophene rings is 1. The van der Waals surface area contributed by atoms with Crippen LogP contribution in [-0.2, 0) is 0 Å². The third-order valence-electron chi connectivity index (χ3n) is 3.36. The summed E-state index contributed by atoms with van der Waals surface area (Å²) >= 11 is 4.91. The van der Waals surface area contributed by atoms with Crippen molar-refractivity contribution >= 4 is 33.2 Å². The number of amides is 1. The molecule has 0 aromatic carbocycles. The zero-order chi connectivity index (χ0) is 13.0. The highest BCUT2D eigenvalue weighted by atomic mass is 79.9. The Morgan fingerprint density at radius 2 is 2.28 bits per heavy atom. The van der Waals surface area contributed by atoms with Crippen LogP contribution in [0.2, 0.25) is 0 Å². The Hall–Kier alpha value is -0.390. The van der Waals surface area contributed by atoms with E-state index in [1.807, 2.05) is 16.3 Å². The molecule has 3 nitrogen and oxygen atoms in total. The van der Waals surface area contributed by atoms with Gasteiger partial charge in [-0.3, -0.25) is 4.79 Å². The monoisotopic (exact) mass is 330 g/mol. The summed E-state index contributed by atoms with van der Waals surface area (Å²) in [5.74, 6) is 0.914. The number of hydrogen-bond donors (Lipinski definition) is 1. The van der Waals surface area contributed by atoms with Crippen molar-refractivity contribution in [2.24, 2.45) is 5.92 Å². The Kier molecular flexibility index (Phi) is 5.21. The van der Waals surface area contributed by atoms with Gasteiger partial charge in [0.1, 0.15) is 0 Å². The second-order valence-corrected chi connectivity index (χ2v) is 6.50. The quantitative estimate of drug-likeness (QED) is 0.920. The average Bonchev–Trinajstić information content (AvgIpc) is 2.83. The molecule has 100 valence electrons. The smallest absolute Gasteiger partial charge is 0.263 e. The highest BCUT2D eigenvalue weighted by molar-refractivity contribution is 9.10. The first kappa shape index (κ1) is 14.0. The fourth-order valence-electron chi connectivity index (χ4n) is 2.27. The van der Waals surface area contributed by atoms with Crippen molar-refractivity contribution < 1.29 is 4.79 Å². The Morgan fingerprint density at radius 3 is 2.83 bits per heavy atom. The summed E-state index contributed by atoms with van der Waals surface area (Å²) in [5, 5.41) is 5.35. The number of hydrogen-bond acceptors (Lipinski definition) is 3. The van der Waals surface area contributed by atoms with Crippen LogP contribution in [0.25, 0.3) is 0 Å². The SMILES string of the molecule is CCNCC1CCN(C(=O)c2cc(Br)cs2)CC1. The maximum Gasteiger partial charge on any atom is 0.263 e. The normalized spacial score (nSPS) is 17.1. The molecule has 1 aromatic heterocycles. The van der Waals surface area contributed by atoms with Crippen LogP contribution in [0, 0.1) is 5.92 Å². The summed E-state index contributed by atoms with van der Waals surface area (Å²) in [7, 11) is 0. The Morgan fingerprint density at radius 1 is 1.56 bits per heavy atom. The zero-order valence-corrected chi connectivity index (χ0v) is 13.0. The average molecular weight is 331 g/mol. The minimum absolute atomic E-state index is 0.188. The lowest BCUT2D eigenvalue weighted by Crippen LogP contribution is -2.40. The third-order valence-corrected chi connectivity index (χ3v) is 5.04. The number of carbonyl (C=O) groups excluding carboxylic acids is 1. The van der Waals surface area contributed by atoms with Crippen molar-refractivity contribution in [3.05, 3.63) is 20.8 Å². The van der Waals surface area contributed by atoms with Gasteiger partial charge in [0.2, 0.25) is 0 Å². The van der Waals surface area contributed by atoms with Gasteiger partial charge in [-0.25, -0.2) is 0 Å². The molecule has 5 heteroatoms. The number of nitrogens with zero attached hydrogens (tertiary/aromatic N) is 1.